The summed E-state index contributed by atoms with van der Waals surface area (Å²) in [5, 5.41) is 10.9. The first-order valence-corrected chi connectivity index (χ1v) is 8.37. The summed E-state index contributed by atoms with van der Waals surface area (Å²) in [6, 6.07) is 17.5. The Hall–Kier alpha value is -1.62. The van der Waals surface area contributed by atoms with E-state index in [9.17, 15) is 5.11 Å². The van der Waals surface area contributed by atoms with Gasteiger partial charge in [-0.1, -0.05) is 54.6 Å². The van der Waals surface area contributed by atoms with E-state index < -0.39 is 5.60 Å². The van der Waals surface area contributed by atoms with Crippen molar-refractivity contribution in [1.82, 2.24) is 0 Å². The van der Waals surface area contributed by atoms with Crippen LogP contribution in [0.1, 0.15) is 45.7 Å². The fourth-order valence-electron chi connectivity index (χ4n) is 2.87. The van der Waals surface area contributed by atoms with Crippen LogP contribution in [-0.4, -0.2) is 23.4 Å². The molecule has 1 fully saturated rings. The van der Waals surface area contributed by atoms with Gasteiger partial charge in [0.1, 0.15) is 5.60 Å². The molecule has 0 bridgehead atoms. The van der Waals surface area contributed by atoms with Crippen molar-refractivity contribution >= 4 is 12.6 Å². The van der Waals surface area contributed by atoms with E-state index in [1.54, 1.807) is 0 Å². The fraction of sp³-hybridized carbons (Fsp3) is 0.400. The highest BCUT2D eigenvalue weighted by Crippen LogP contribution is 2.36. The van der Waals surface area contributed by atoms with Crippen LogP contribution in [0.2, 0.25) is 0 Å². The Morgan fingerprint density at radius 3 is 1.75 bits per heavy atom. The number of benzene rings is 2. The summed E-state index contributed by atoms with van der Waals surface area (Å²) in [6.07, 6.45) is 0. The lowest BCUT2D eigenvalue weighted by molar-refractivity contribution is 0.00578. The van der Waals surface area contributed by atoms with Crippen molar-refractivity contribution in [2.24, 2.45) is 0 Å². The van der Waals surface area contributed by atoms with E-state index in [2.05, 4.69) is 0 Å². The van der Waals surface area contributed by atoms with Gasteiger partial charge in [-0.05, 0) is 51.2 Å². The topological polar surface area (TPSA) is 38.7 Å². The van der Waals surface area contributed by atoms with Crippen molar-refractivity contribution in [1.29, 1.82) is 0 Å². The lowest BCUT2D eigenvalue weighted by atomic mass is 9.77. The zero-order valence-electron chi connectivity index (χ0n) is 15.0. The summed E-state index contributed by atoms with van der Waals surface area (Å²) in [4.78, 5) is 0. The molecular weight excluding hydrogens is 299 g/mol. The van der Waals surface area contributed by atoms with Crippen molar-refractivity contribution in [2.75, 3.05) is 0 Å². The minimum absolute atomic E-state index is 0.355. The summed E-state index contributed by atoms with van der Waals surface area (Å²) >= 11 is 0. The van der Waals surface area contributed by atoms with Gasteiger partial charge in [0.15, 0.2) is 0 Å². The van der Waals surface area contributed by atoms with Crippen LogP contribution in [0.5, 0.6) is 0 Å². The lowest BCUT2D eigenvalue weighted by Gasteiger charge is -2.32. The second kappa shape index (κ2) is 5.73. The SMILES string of the molecule is CC(O)(c1ccccc1)c1ccc(B2OC(C)(C)C(C)(C)O2)cc1. The van der Waals surface area contributed by atoms with E-state index in [-0.39, 0.29) is 18.3 Å². The van der Waals surface area contributed by atoms with Crippen molar-refractivity contribution < 1.29 is 14.4 Å². The molecule has 1 saturated heterocycles. The molecule has 0 radical (unpaired) electrons. The third-order valence-electron chi connectivity index (χ3n) is 5.33. The van der Waals surface area contributed by atoms with Crippen LogP contribution in [0, 0.1) is 0 Å². The maximum absolute atomic E-state index is 10.9. The molecule has 0 amide bonds. The second-order valence-corrected chi connectivity index (χ2v) is 7.65. The van der Waals surface area contributed by atoms with Gasteiger partial charge in [0.05, 0.1) is 11.2 Å². The second-order valence-electron chi connectivity index (χ2n) is 7.65. The zero-order valence-corrected chi connectivity index (χ0v) is 15.0. The summed E-state index contributed by atoms with van der Waals surface area (Å²) < 4.78 is 12.2. The van der Waals surface area contributed by atoms with Crippen molar-refractivity contribution in [3.8, 4) is 0 Å². The number of aliphatic hydroxyl groups is 1. The molecule has 126 valence electrons. The van der Waals surface area contributed by atoms with Gasteiger partial charge in [-0.15, -0.1) is 0 Å². The first-order valence-electron chi connectivity index (χ1n) is 8.37. The molecule has 1 N–H and O–H groups in total. The molecule has 1 aliphatic rings. The Balaban J connectivity index is 1.85. The third kappa shape index (κ3) is 2.90. The Bertz CT molecular complexity index is 689. The van der Waals surface area contributed by atoms with E-state index in [4.69, 9.17) is 9.31 Å². The highest BCUT2D eigenvalue weighted by molar-refractivity contribution is 6.62. The van der Waals surface area contributed by atoms with Gasteiger partial charge in [-0.2, -0.15) is 0 Å². The minimum Gasteiger partial charge on any atom is -0.399 e. The number of rotatable bonds is 3. The van der Waals surface area contributed by atoms with E-state index in [0.717, 1.165) is 16.6 Å². The van der Waals surface area contributed by atoms with E-state index in [1.807, 2.05) is 89.2 Å². The fourth-order valence-corrected chi connectivity index (χ4v) is 2.87. The molecule has 1 atom stereocenters. The van der Waals surface area contributed by atoms with Crippen LogP contribution in [0.25, 0.3) is 0 Å². The van der Waals surface area contributed by atoms with Gasteiger partial charge in [0, 0.05) is 0 Å². The van der Waals surface area contributed by atoms with Gasteiger partial charge in [-0.3, -0.25) is 0 Å². The van der Waals surface area contributed by atoms with E-state index in [1.165, 1.54) is 0 Å². The molecule has 2 aromatic carbocycles. The van der Waals surface area contributed by atoms with Gasteiger partial charge in [-0.25, -0.2) is 0 Å². The van der Waals surface area contributed by atoms with Crippen LogP contribution in [0.4, 0.5) is 0 Å². The standard InChI is InChI=1S/C20H25BO3/c1-18(2)19(3,4)24-21(23-18)17-13-11-16(12-14-17)20(5,22)15-9-7-6-8-10-15/h6-14,22H,1-5H3. The third-order valence-corrected chi connectivity index (χ3v) is 5.33. The average molecular weight is 324 g/mol. The number of hydrogen-bond donors (Lipinski definition) is 1. The van der Waals surface area contributed by atoms with Crippen LogP contribution in [-0.2, 0) is 14.9 Å². The maximum atomic E-state index is 10.9. The molecule has 1 aliphatic heterocycles. The van der Waals surface area contributed by atoms with Crippen LogP contribution >= 0.6 is 0 Å². The molecule has 0 spiro atoms. The first kappa shape index (κ1) is 17.2. The van der Waals surface area contributed by atoms with Crippen molar-refractivity contribution in [3.63, 3.8) is 0 Å². The summed E-state index contributed by atoms with van der Waals surface area (Å²) in [5.74, 6) is 0. The van der Waals surface area contributed by atoms with Gasteiger partial charge in [0.25, 0.3) is 0 Å². The normalized spacial score (nSPS) is 21.5. The van der Waals surface area contributed by atoms with E-state index >= 15 is 0 Å². The highest BCUT2D eigenvalue weighted by atomic mass is 16.7. The van der Waals surface area contributed by atoms with Gasteiger partial charge < -0.3 is 14.4 Å². The van der Waals surface area contributed by atoms with Crippen LogP contribution < -0.4 is 5.46 Å². The molecule has 3 rings (SSSR count). The lowest BCUT2D eigenvalue weighted by Crippen LogP contribution is -2.41. The maximum Gasteiger partial charge on any atom is 0.494 e. The molecule has 0 aliphatic carbocycles. The molecule has 1 heterocycles. The van der Waals surface area contributed by atoms with Crippen LogP contribution in [0.15, 0.2) is 54.6 Å². The summed E-state index contributed by atoms with van der Waals surface area (Å²) in [5.41, 5.74) is 0.927. The van der Waals surface area contributed by atoms with Crippen LogP contribution in [0.3, 0.4) is 0 Å². The largest absolute Gasteiger partial charge is 0.494 e. The predicted octanol–water partition coefficient (Wildman–Crippen LogP) is 3.24. The molecule has 2 aromatic rings. The molecule has 3 nitrogen and oxygen atoms in total. The summed E-state index contributed by atoms with van der Waals surface area (Å²) in [7, 11) is -0.384. The Morgan fingerprint density at radius 2 is 1.25 bits per heavy atom. The molecular formula is C20H25BO3. The average Bonchev–Trinajstić information content (AvgIpc) is 2.76. The Kier molecular flexibility index (Phi) is 4.11. The first-order chi connectivity index (χ1) is 11.1. The monoisotopic (exact) mass is 324 g/mol. The smallest absolute Gasteiger partial charge is 0.399 e. The van der Waals surface area contributed by atoms with Crippen molar-refractivity contribution in [3.05, 3.63) is 65.7 Å². The molecule has 24 heavy (non-hydrogen) atoms. The quantitative estimate of drug-likeness (QED) is 0.881. The molecule has 4 heteroatoms. The predicted molar refractivity (Wildman–Crippen MR) is 97.3 cm³/mol. The summed E-state index contributed by atoms with van der Waals surface area (Å²) in [6.45, 7) is 9.98. The zero-order chi connectivity index (χ0) is 17.6. The molecule has 0 saturated carbocycles. The number of hydrogen-bond acceptors (Lipinski definition) is 3. The highest BCUT2D eigenvalue weighted by Gasteiger charge is 2.51. The molecule has 1 unspecified atom stereocenters. The van der Waals surface area contributed by atoms with Gasteiger partial charge >= 0.3 is 7.12 Å². The Labute approximate surface area is 144 Å². The van der Waals surface area contributed by atoms with Crippen molar-refractivity contribution in [2.45, 2.75) is 51.4 Å². The Morgan fingerprint density at radius 1 is 0.792 bits per heavy atom. The minimum atomic E-state index is -1.03. The van der Waals surface area contributed by atoms with E-state index in [0.29, 0.717) is 0 Å². The van der Waals surface area contributed by atoms with Gasteiger partial charge in [0.2, 0.25) is 0 Å². The molecule has 0 aromatic heterocycles.